The van der Waals surface area contributed by atoms with Crippen LogP contribution in [-0.4, -0.2) is 10.2 Å². The molecule has 0 saturated carbocycles. The minimum absolute atomic E-state index is 0.896. The summed E-state index contributed by atoms with van der Waals surface area (Å²) in [6.45, 7) is 2.11. The third kappa shape index (κ3) is 3.96. The molecule has 1 aromatic heterocycles. The maximum Gasteiger partial charge on any atom is 0.119 e. The second kappa shape index (κ2) is 7.07. The Bertz CT molecular complexity index is 755. The lowest BCUT2D eigenvalue weighted by Gasteiger charge is -2.04. The molecule has 0 aliphatic heterocycles. The first-order valence-electron chi connectivity index (χ1n) is 6.99. The highest BCUT2D eigenvalue weighted by Gasteiger charge is 2.02. The number of aromatic nitrogens is 2. The van der Waals surface area contributed by atoms with E-state index in [1.807, 2.05) is 36.4 Å². The van der Waals surface area contributed by atoms with Crippen molar-refractivity contribution < 1.29 is 0 Å². The maximum absolute atomic E-state index is 4.32. The molecule has 0 saturated heterocycles. The van der Waals surface area contributed by atoms with Gasteiger partial charge in [0.1, 0.15) is 5.03 Å². The molecule has 0 unspecified atom stereocenters. The van der Waals surface area contributed by atoms with Crippen LogP contribution >= 0.6 is 27.7 Å². The average molecular weight is 371 g/mol. The second-order valence-corrected chi connectivity index (χ2v) is 6.95. The van der Waals surface area contributed by atoms with Gasteiger partial charge in [0.2, 0.25) is 0 Å². The van der Waals surface area contributed by atoms with Crippen molar-refractivity contribution in [2.75, 3.05) is 0 Å². The molecule has 2 nitrogen and oxygen atoms in total. The van der Waals surface area contributed by atoms with Crippen LogP contribution in [0.2, 0.25) is 0 Å². The number of thioether (sulfide) groups is 1. The number of hydrogen-bond acceptors (Lipinski definition) is 3. The van der Waals surface area contributed by atoms with E-state index in [0.717, 1.165) is 26.5 Å². The van der Waals surface area contributed by atoms with Gasteiger partial charge in [-0.05, 0) is 36.8 Å². The molecule has 3 rings (SSSR count). The van der Waals surface area contributed by atoms with Crippen molar-refractivity contribution in [2.45, 2.75) is 17.7 Å². The van der Waals surface area contributed by atoms with Crippen molar-refractivity contribution in [3.63, 3.8) is 0 Å². The predicted octanol–water partition coefficient (Wildman–Crippen LogP) is 5.51. The van der Waals surface area contributed by atoms with Gasteiger partial charge >= 0.3 is 0 Å². The van der Waals surface area contributed by atoms with Crippen LogP contribution in [0.1, 0.15) is 11.1 Å². The van der Waals surface area contributed by atoms with Gasteiger partial charge in [-0.2, -0.15) is 0 Å². The van der Waals surface area contributed by atoms with E-state index in [1.54, 1.807) is 11.8 Å². The van der Waals surface area contributed by atoms with Crippen LogP contribution in [0.5, 0.6) is 0 Å². The lowest BCUT2D eigenvalue weighted by molar-refractivity contribution is 0.935. The van der Waals surface area contributed by atoms with Gasteiger partial charge in [0.15, 0.2) is 0 Å². The molecular weight excluding hydrogens is 356 g/mol. The maximum atomic E-state index is 4.32. The standard InChI is InChI=1S/C18H15BrN2S/c1-13-3-2-4-14(11-13)12-22-18-10-9-17(20-21-18)15-5-7-16(19)8-6-15/h2-11H,12H2,1H3. The zero-order valence-electron chi connectivity index (χ0n) is 12.2. The molecular formula is C18H15BrN2S. The largest absolute Gasteiger partial charge is 0.149 e. The fourth-order valence-corrected chi connectivity index (χ4v) is 3.15. The number of halogens is 1. The van der Waals surface area contributed by atoms with Crippen molar-refractivity contribution in [1.29, 1.82) is 0 Å². The van der Waals surface area contributed by atoms with Crippen molar-refractivity contribution in [1.82, 2.24) is 10.2 Å². The van der Waals surface area contributed by atoms with E-state index in [2.05, 4.69) is 57.3 Å². The fourth-order valence-electron chi connectivity index (χ4n) is 2.13. The minimum atomic E-state index is 0.896. The summed E-state index contributed by atoms with van der Waals surface area (Å²) < 4.78 is 1.06. The van der Waals surface area contributed by atoms with E-state index in [4.69, 9.17) is 0 Å². The zero-order valence-corrected chi connectivity index (χ0v) is 14.6. The van der Waals surface area contributed by atoms with Crippen LogP contribution in [0.3, 0.4) is 0 Å². The van der Waals surface area contributed by atoms with Crippen LogP contribution in [0, 0.1) is 6.92 Å². The van der Waals surface area contributed by atoms with Crippen molar-refractivity contribution in [3.8, 4) is 11.3 Å². The number of aryl methyl sites for hydroxylation is 1. The van der Waals surface area contributed by atoms with Gasteiger partial charge < -0.3 is 0 Å². The average Bonchev–Trinajstić information content (AvgIpc) is 2.54. The summed E-state index contributed by atoms with van der Waals surface area (Å²) >= 11 is 5.15. The molecule has 0 amide bonds. The molecule has 22 heavy (non-hydrogen) atoms. The van der Waals surface area contributed by atoms with Gasteiger partial charge in [0.05, 0.1) is 5.69 Å². The van der Waals surface area contributed by atoms with Gasteiger partial charge in [0.25, 0.3) is 0 Å². The molecule has 0 spiro atoms. The van der Waals surface area contributed by atoms with Crippen LogP contribution in [0.25, 0.3) is 11.3 Å². The molecule has 0 atom stereocenters. The molecule has 0 aliphatic carbocycles. The highest BCUT2D eigenvalue weighted by atomic mass is 79.9. The zero-order chi connectivity index (χ0) is 15.4. The van der Waals surface area contributed by atoms with E-state index in [1.165, 1.54) is 11.1 Å². The third-order valence-corrected chi connectivity index (χ3v) is 4.77. The molecule has 4 heteroatoms. The van der Waals surface area contributed by atoms with Crippen LogP contribution in [0.15, 0.2) is 70.2 Å². The monoisotopic (exact) mass is 370 g/mol. The highest BCUT2D eigenvalue weighted by Crippen LogP contribution is 2.24. The lowest BCUT2D eigenvalue weighted by atomic mass is 10.1. The number of rotatable bonds is 4. The summed E-state index contributed by atoms with van der Waals surface area (Å²) in [5.41, 5.74) is 4.57. The Morgan fingerprint density at radius 2 is 1.77 bits per heavy atom. The predicted molar refractivity (Wildman–Crippen MR) is 95.9 cm³/mol. The minimum Gasteiger partial charge on any atom is -0.149 e. The van der Waals surface area contributed by atoms with E-state index < -0.39 is 0 Å². The van der Waals surface area contributed by atoms with E-state index >= 15 is 0 Å². The number of hydrogen-bond donors (Lipinski definition) is 0. The molecule has 0 radical (unpaired) electrons. The molecule has 3 aromatic rings. The fraction of sp³-hybridized carbons (Fsp3) is 0.111. The van der Waals surface area contributed by atoms with E-state index in [9.17, 15) is 0 Å². The van der Waals surface area contributed by atoms with E-state index in [-0.39, 0.29) is 0 Å². The smallest absolute Gasteiger partial charge is 0.119 e. The van der Waals surface area contributed by atoms with Crippen LogP contribution < -0.4 is 0 Å². The first kappa shape index (κ1) is 15.3. The Kier molecular flexibility index (Phi) is 4.90. The van der Waals surface area contributed by atoms with Crippen LogP contribution in [-0.2, 0) is 5.75 Å². The topological polar surface area (TPSA) is 25.8 Å². The number of benzene rings is 2. The molecule has 1 heterocycles. The summed E-state index contributed by atoms with van der Waals surface area (Å²) in [7, 11) is 0. The lowest BCUT2D eigenvalue weighted by Crippen LogP contribution is -1.90. The normalized spacial score (nSPS) is 10.6. The molecule has 0 fully saturated rings. The van der Waals surface area contributed by atoms with Crippen molar-refractivity contribution in [2.24, 2.45) is 0 Å². The van der Waals surface area contributed by atoms with Crippen molar-refractivity contribution >= 4 is 27.7 Å². The second-order valence-electron chi connectivity index (χ2n) is 5.04. The third-order valence-electron chi connectivity index (χ3n) is 3.25. The Labute approximate surface area is 143 Å². The summed E-state index contributed by atoms with van der Waals surface area (Å²) in [4.78, 5) is 0. The first-order valence-corrected chi connectivity index (χ1v) is 8.76. The SMILES string of the molecule is Cc1cccc(CSc2ccc(-c3ccc(Br)cc3)nn2)c1. The van der Waals surface area contributed by atoms with Gasteiger partial charge in [-0.15, -0.1) is 10.2 Å². The quantitative estimate of drug-likeness (QED) is 0.566. The first-order chi connectivity index (χ1) is 10.7. The summed E-state index contributed by atoms with van der Waals surface area (Å²) in [6, 6.07) is 20.7. The molecule has 0 aliphatic rings. The van der Waals surface area contributed by atoms with Gasteiger partial charge in [-0.1, -0.05) is 69.7 Å². The molecule has 0 N–H and O–H groups in total. The highest BCUT2D eigenvalue weighted by molar-refractivity contribution is 9.10. The summed E-state index contributed by atoms with van der Waals surface area (Å²) in [5, 5.41) is 9.59. The summed E-state index contributed by atoms with van der Waals surface area (Å²) in [5.74, 6) is 0.911. The molecule has 2 aromatic carbocycles. The summed E-state index contributed by atoms with van der Waals surface area (Å²) in [6.07, 6.45) is 0. The molecule has 0 bridgehead atoms. The Balaban J connectivity index is 1.68. The van der Waals surface area contributed by atoms with Gasteiger partial charge in [-0.3, -0.25) is 0 Å². The van der Waals surface area contributed by atoms with Crippen molar-refractivity contribution in [3.05, 3.63) is 76.3 Å². The number of nitrogens with zero attached hydrogens (tertiary/aromatic N) is 2. The van der Waals surface area contributed by atoms with E-state index in [0.29, 0.717) is 0 Å². The van der Waals surface area contributed by atoms with Gasteiger partial charge in [0, 0.05) is 15.8 Å². The molecule has 110 valence electrons. The Morgan fingerprint density at radius 1 is 0.955 bits per heavy atom. The van der Waals surface area contributed by atoms with Crippen LogP contribution in [0.4, 0.5) is 0 Å². The van der Waals surface area contributed by atoms with Gasteiger partial charge in [-0.25, -0.2) is 0 Å². The Hall–Kier alpha value is -1.65. The Morgan fingerprint density at radius 3 is 2.45 bits per heavy atom.